The van der Waals surface area contributed by atoms with Gasteiger partial charge in [0.1, 0.15) is 11.4 Å². The lowest BCUT2D eigenvalue weighted by Gasteiger charge is -2.10. The number of nitrogens with zero attached hydrogens (tertiary/aromatic N) is 1. The van der Waals surface area contributed by atoms with Crippen molar-refractivity contribution < 1.29 is 27.3 Å². The van der Waals surface area contributed by atoms with Gasteiger partial charge in [0.25, 0.3) is 11.6 Å². The molecule has 2 aromatic rings. The molecule has 1 N–H and O–H groups in total. The number of halogens is 5. The van der Waals surface area contributed by atoms with Crippen LogP contribution in [-0.4, -0.2) is 10.8 Å². The van der Waals surface area contributed by atoms with Gasteiger partial charge in [0.05, 0.1) is 10.5 Å². The number of hydrogen-bond donors (Lipinski definition) is 1. The predicted octanol–water partition coefficient (Wildman–Crippen LogP) is 4.45. The molecule has 0 aliphatic carbocycles. The summed E-state index contributed by atoms with van der Waals surface area (Å²) in [6, 6.07) is 5.67. The van der Waals surface area contributed by atoms with Crippen molar-refractivity contribution in [2.45, 2.75) is 12.7 Å². The van der Waals surface area contributed by atoms with Crippen molar-refractivity contribution in [2.75, 3.05) is 0 Å². The Morgan fingerprint density at radius 3 is 2.44 bits per heavy atom. The minimum absolute atomic E-state index is 0.117. The second kappa shape index (κ2) is 7.18. The van der Waals surface area contributed by atoms with Gasteiger partial charge in [-0.05, 0) is 24.3 Å². The zero-order chi connectivity index (χ0) is 18.8. The molecule has 132 valence electrons. The highest BCUT2D eigenvalue weighted by atomic mass is 79.9. The minimum Gasteiger partial charge on any atom is -0.348 e. The van der Waals surface area contributed by atoms with E-state index in [1.807, 2.05) is 0 Å². The number of carbonyl (C=O) groups excluding carboxylic acids is 1. The first-order valence-electron chi connectivity index (χ1n) is 6.67. The average molecular weight is 421 g/mol. The molecule has 0 aromatic heterocycles. The Labute approximate surface area is 146 Å². The van der Waals surface area contributed by atoms with Crippen LogP contribution in [0, 0.1) is 15.9 Å². The van der Waals surface area contributed by atoms with Gasteiger partial charge in [-0.1, -0.05) is 22.0 Å². The van der Waals surface area contributed by atoms with Gasteiger partial charge in [-0.2, -0.15) is 13.2 Å². The SMILES string of the molecule is O=C(NCc1ccc(Br)cc1F)c1ccc(C(F)(F)F)cc1[N+](=O)[O-]. The molecule has 0 saturated carbocycles. The van der Waals surface area contributed by atoms with Gasteiger partial charge < -0.3 is 5.32 Å². The maximum Gasteiger partial charge on any atom is 0.416 e. The van der Waals surface area contributed by atoms with Gasteiger partial charge in [-0.15, -0.1) is 0 Å². The molecule has 10 heteroatoms. The van der Waals surface area contributed by atoms with Gasteiger partial charge in [0, 0.05) is 22.6 Å². The fraction of sp³-hybridized carbons (Fsp3) is 0.133. The Morgan fingerprint density at radius 1 is 1.20 bits per heavy atom. The van der Waals surface area contributed by atoms with Crippen LogP contribution in [0.2, 0.25) is 0 Å². The number of nitrogens with one attached hydrogen (secondary N) is 1. The number of benzene rings is 2. The summed E-state index contributed by atoms with van der Waals surface area (Å²) in [6.07, 6.45) is -4.78. The van der Waals surface area contributed by atoms with E-state index in [0.717, 1.165) is 0 Å². The quantitative estimate of drug-likeness (QED) is 0.451. The van der Waals surface area contributed by atoms with Crippen molar-refractivity contribution >= 4 is 27.5 Å². The van der Waals surface area contributed by atoms with Crippen molar-refractivity contribution in [3.05, 3.63) is 73.5 Å². The van der Waals surface area contributed by atoms with Crippen LogP contribution in [0.5, 0.6) is 0 Å². The van der Waals surface area contributed by atoms with Crippen molar-refractivity contribution in [3.8, 4) is 0 Å². The molecule has 2 rings (SSSR count). The smallest absolute Gasteiger partial charge is 0.348 e. The highest BCUT2D eigenvalue weighted by Gasteiger charge is 2.34. The van der Waals surface area contributed by atoms with E-state index < -0.39 is 39.6 Å². The highest BCUT2D eigenvalue weighted by Crippen LogP contribution is 2.33. The van der Waals surface area contributed by atoms with E-state index >= 15 is 0 Å². The molecule has 0 unspecified atom stereocenters. The fourth-order valence-electron chi connectivity index (χ4n) is 1.99. The van der Waals surface area contributed by atoms with Crippen LogP contribution >= 0.6 is 15.9 Å². The van der Waals surface area contributed by atoms with Gasteiger partial charge in [-0.25, -0.2) is 4.39 Å². The summed E-state index contributed by atoms with van der Waals surface area (Å²) >= 11 is 3.07. The van der Waals surface area contributed by atoms with Gasteiger partial charge in [0.2, 0.25) is 0 Å². The van der Waals surface area contributed by atoms with Crippen molar-refractivity contribution in [1.29, 1.82) is 0 Å². The van der Waals surface area contributed by atoms with E-state index in [-0.39, 0.29) is 18.2 Å². The van der Waals surface area contributed by atoms with Crippen molar-refractivity contribution in [1.82, 2.24) is 5.32 Å². The van der Waals surface area contributed by atoms with Crippen LogP contribution in [-0.2, 0) is 12.7 Å². The van der Waals surface area contributed by atoms with E-state index in [9.17, 15) is 32.5 Å². The summed E-state index contributed by atoms with van der Waals surface area (Å²) in [5.74, 6) is -1.60. The van der Waals surface area contributed by atoms with Crippen LogP contribution in [0.1, 0.15) is 21.5 Å². The van der Waals surface area contributed by atoms with Gasteiger partial charge >= 0.3 is 6.18 Å². The minimum atomic E-state index is -4.78. The highest BCUT2D eigenvalue weighted by molar-refractivity contribution is 9.10. The third-order valence-electron chi connectivity index (χ3n) is 3.22. The zero-order valence-corrected chi connectivity index (χ0v) is 13.8. The maximum absolute atomic E-state index is 13.7. The first kappa shape index (κ1) is 18.8. The molecular formula is C15H9BrF4N2O3. The Bertz CT molecular complexity index is 840. The Hall–Kier alpha value is -2.49. The summed E-state index contributed by atoms with van der Waals surface area (Å²) in [7, 11) is 0. The van der Waals surface area contributed by atoms with Gasteiger partial charge in [0.15, 0.2) is 0 Å². The van der Waals surface area contributed by atoms with Crippen LogP contribution in [0.4, 0.5) is 23.2 Å². The summed E-state index contributed by atoms with van der Waals surface area (Å²) in [5, 5.41) is 13.2. The molecule has 25 heavy (non-hydrogen) atoms. The number of nitro groups is 1. The summed E-state index contributed by atoms with van der Waals surface area (Å²) < 4.78 is 52.1. The average Bonchev–Trinajstić information content (AvgIpc) is 2.52. The van der Waals surface area contributed by atoms with Crippen molar-refractivity contribution in [3.63, 3.8) is 0 Å². The molecule has 0 heterocycles. The molecule has 0 atom stereocenters. The molecule has 0 bridgehead atoms. The lowest BCUT2D eigenvalue weighted by molar-refractivity contribution is -0.385. The molecule has 0 saturated heterocycles. The predicted molar refractivity (Wildman–Crippen MR) is 83.4 cm³/mol. The lowest BCUT2D eigenvalue weighted by atomic mass is 10.1. The van der Waals surface area contributed by atoms with Gasteiger partial charge in [-0.3, -0.25) is 14.9 Å². The molecular weight excluding hydrogens is 412 g/mol. The third-order valence-corrected chi connectivity index (χ3v) is 3.71. The molecule has 0 aliphatic rings. The van der Waals surface area contributed by atoms with E-state index in [1.54, 1.807) is 0 Å². The normalized spacial score (nSPS) is 11.2. The van der Waals surface area contributed by atoms with E-state index in [4.69, 9.17) is 0 Å². The van der Waals surface area contributed by atoms with Crippen LogP contribution < -0.4 is 5.32 Å². The molecule has 0 spiro atoms. The summed E-state index contributed by atoms with van der Waals surface area (Å²) in [4.78, 5) is 21.9. The van der Waals surface area contributed by atoms with Crippen LogP contribution in [0.3, 0.4) is 0 Å². The molecule has 2 aromatic carbocycles. The number of hydrogen-bond acceptors (Lipinski definition) is 3. The first-order chi connectivity index (χ1) is 11.6. The Morgan fingerprint density at radius 2 is 1.88 bits per heavy atom. The largest absolute Gasteiger partial charge is 0.416 e. The van der Waals surface area contributed by atoms with Crippen LogP contribution in [0.25, 0.3) is 0 Å². The van der Waals surface area contributed by atoms with E-state index in [2.05, 4.69) is 21.2 Å². The zero-order valence-electron chi connectivity index (χ0n) is 12.2. The van der Waals surface area contributed by atoms with Crippen molar-refractivity contribution in [2.24, 2.45) is 0 Å². The lowest BCUT2D eigenvalue weighted by Crippen LogP contribution is -2.24. The number of rotatable bonds is 4. The van der Waals surface area contributed by atoms with E-state index in [1.165, 1.54) is 18.2 Å². The molecule has 5 nitrogen and oxygen atoms in total. The van der Waals surface area contributed by atoms with Crippen LogP contribution in [0.15, 0.2) is 40.9 Å². The molecule has 0 radical (unpaired) electrons. The number of amides is 1. The second-order valence-electron chi connectivity index (χ2n) is 4.91. The topological polar surface area (TPSA) is 72.2 Å². The summed E-state index contributed by atoms with van der Waals surface area (Å²) in [5.41, 5.74) is -2.65. The fourth-order valence-corrected chi connectivity index (χ4v) is 2.32. The van der Waals surface area contributed by atoms with E-state index in [0.29, 0.717) is 16.6 Å². The second-order valence-corrected chi connectivity index (χ2v) is 5.82. The monoisotopic (exact) mass is 420 g/mol. The standard InChI is InChI=1S/C15H9BrF4N2O3/c16-10-3-1-8(12(17)6-10)7-21-14(23)11-4-2-9(15(18,19)20)5-13(11)22(24)25/h1-6H,7H2,(H,21,23). The summed E-state index contributed by atoms with van der Waals surface area (Å²) in [6.45, 7) is -0.282. The maximum atomic E-state index is 13.7. The number of nitro benzene ring substituents is 1. The first-order valence-corrected chi connectivity index (χ1v) is 7.46. The Balaban J connectivity index is 2.25. The molecule has 0 fully saturated rings. The molecule has 1 amide bonds. The number of alkyl halides is 3. The Kier molecular flexibility index (Phi) is 5.41. The third kappa shape index (κ3) is 4.53. The number of carbonyl (C=O) groups is 1. The molecule has 0 aliphatic heterocycles.